The zero-order valence-corrected chi connectivity index (χ0v) is 11.0. The smallest absolute Gasteiger partial charge is 0.257 e. The molecule has 0 aliphatic rings. The van der Waals surface area contributed by atoms with E-state index in [0.717, 1.165) is 11.4 Å². The summed E-state index contributed by atoms with van der Waals surface area (Å²) in [4.78, 5) is 16.3. The third-order valence-electron chi connectivity index (χ3n) is 2.57. The van der Waals surface area contributed by atoms with Crippen molar-refractivity contribution in [3.05, 3.63) is 58.4 Å². The lowest BCUT2D eigenvalue weighted by Crippen LogP contribution is -2.14. The molecule has 2 aromatic rings. The topological polar surface area (TPSA) is 42.0 Å². The minimum absolute atomic E-state index is 0.165. The molecule has 0 saturated heterocycles. The maximum atomic E-state index is 12.0. The first-order valence-electron chi connectivity index (χ1n) is 5.57. The van der Waals surface area contributed by atoms with Crippen molar-refractivity contribution in [3.63, 3.8) is 0 Å². The highest BCUT2D eigenvalue weighted by molar-refractivity contribution is 6.30. The van der Waals surface area contributed by atoms with Crippen LogP contribution >= 0.6 is 11.6 Å². The van der Waals surface area contributed by atoms with Crippen LogP contribution in [0.2, 0.25) is 5.02 Å². The molecule has 1 N–H and O–H groups in total. The second-order valence-corrected chi connectivity index (χ2v) is 4.48. The lowest BCUT2D eigenvalue weighted by Gasteiger charge is -2.07. The van der Waals surface area contributed by atoms with Crippen LogP contribution in [0, 0.1) is 13.8 Å². The van der Waals surface area contributed by atoms with E-state index in [1.807, 2.05) is 19.9 Å². The summed E-state index contributed by atoms with van der Waals surface area (Å²) < 4.78 is 0. The van der Waals surface area contributed by atoms with Crippen molar-refractivity contribution in [2.45, 2.75) is 13.8 Å². The highest BCUT2D eigenvalue weighted by atomic mass is 35.5. The predicted molar refractivity (Wildman–Crippen MR) is 73.1 cm³/mol. The fraction of sp³-hybridized carbons (Fsp3) is 0.143. The monoisotopic (exact) mass is 260 g/mol. The van der Waals surface area contributed by atoms with Gasteiger partial charge < -0.3 is 5.32 Å². The molecule has 1 heterocycles. The van der Waals surface area contributed by atoms with E-state index in [2.05, 4.69) is 10.3 Å². The maximum absolute atomic E-state index is 12.0. The van der Waals surface area contributed by atoms with E-state index >= 15 is 0 Å². The maximum Gasteiger partial charge on any atom is 0.257 e. The first kappa shape index (κ1) is 12.6. The first-order chi connectivity index (χ1) is 8.56. The van der Waals surface area contributed by atoms with Crippen molar-refractivity contribution in [2.75, 3.05) is 5.32 Å². The van der Waals surface area contributed by atoms with Gasteiger partial charge in [-0.2, -0.15) is 0 Å². The van der Waals surface area contributed by atoms with E-state index in [1.165, 1.54) is 0 Å². The molecule has 1 amide bonds. The molecule has 0 spiro atoms. The predicted octanol–water partition coefficient (Wildman–Crippen LogP) is 3.60. The summed E-state index contributed by atoms with van der Waals surface area (Å²) >= 11 is 5.79. The van der Waals surface area contributed by atoms with Crippen molar-refractivity contribution in [1.29, 1.82) is 0 Å². The Hall–Kier alpha value is -1.87. The van der Waals surface area contributed by atoms with E-state index in [4.69, 9.17) is 11.6 Å². The number of aromatic nitrogens is 1. The van der Waals surface area contributed by atoms with E-state index in [0.29, 0.717) is 16.3 Å². The molecule has 0 atom stereocenters. The summed E-state index contributed by atoms with van der Waals surface area (Å²) in [6.07, 6.45) is 0. The molecule has 92 valence electrons. The fourth-order valence-corrected chi connectivity index (χ4v) is 1.78. The molecule has 18 heavy (non-hydrogen) atoms. The Kier molecular flexibility index (Phi) is 3.63. The van der Waals surface area contributed by atoms with Gasteiger partial charge in [0, 0.05) is 16.4 Å². The van der Waals surface area contributed by atoms with Gasteiger partial charge in [0.25, 0.3) is 5.91 Å². The molecule has 0 radical (unpaired) electrons. The van der Waals surface area contributed by atoms with E-state index in [1.54, 1.807) is 30.3 Å². The quantitative estimate of drug-likeness (QED) is 0.896. The van der Waals surface area contributed by atoms with Gasteiger partial charge in [-0.25, -0.2) is 0 Å². The molecule has 0 aliphatic carbocycles. The highest BCUT2D eigenvalue weighted by Crippen LogP contribution is 2.15. The van der Waals surface area contributed by atoms with Gasteiger partial charge in [-0.15, -0.1) is 0 Å². The van der Waals surface area contributed by atoms with Gasteiger partial charge in [0.15, 0.2) is 0 Å². The molecule has 2 rings (SSSR count). The number of pyridine rings is 1. The summed E-state index contributed by atoms with van der Waals surface area (Å²) in [6, 6.07) is 10.6. The van der Waals surface area contributed by atoms with Gasteiger partial charge in [-0.3, -0.25) is 9.78 Å². The van der Waals surface area contributed by atoms with Crippen LogP contribution in [0.4, 0.5) is 5.69 Å². The number of nitrogens with zero attached hydrogens (tertiary/aromatic N) is 1. The fourth-order valence-electron chi connectivity index (χ4n) is 1.66. The lowest BCUT2D eigenvalue weighted by molar-refractivity contribution is 0.102. The largest absolute Gasteiger partial charge is 0.322 e. The first-order valence-corrected chi connectivity index (χ1v) is 5.95. The van der Waals surface area contributed by atoms with Gasteiger partial charge in [0.05, 0.1) is 11.3 Å². The second kappa shape index (κ2) is 5.19. The van der Waals surface area contributed by atoms with Crippen LogP contribution in [0.1, 0.15) is 21.7 Å². The molecule has 3 nitrogen and oxygen atoms in total. The average molecular weight is 261 g/mol. The number of aryl methyl sites for hydroxylation is 2. The number of amides is 1. The van der Waals surface area contributed by atoms with Crippen molar-refractivity contribution < 1.29 is 4.79 Å². The molecule has 1 aromatic heterocycles. The van der Waals surface area contributed by atoms with Crippen molar-refractivity contribution >= 4 is 23.2 Å². The number of benzene rings is 1. The Balaban J connectivity index is 2.19. The summed E-state index contributed by atoms with van der Waals surface area (Å²) in [7, 11) is 0. The van der Waals surface area contributed by atoms with Crippen LogP contribution in [0.15, 0.2) is 36.4 Å². The minimum atomic E-state index is -0.165. The van der Waals surface area contributed by atoms with E-state index < -0.39 is 0 Å². The molecular weight excluding hydrogens is 248 g/mol. The third kappa shape index (κ3) is 2.87. The molecule has 0 fully saturated rings. The van der Waals surface area contributed by atoms with E-state index in [9.17, 15) is 4.79 Å². The Morgan fingerprint density at radius 2 is 1.78 bits per heavy atom. The number of carbonyl (C=O) groups is 1. The zero-order chi connectivity index (χ0) is 13.1. The second-order valence-electron chi connectivity index (χ2n) is 4.05. The van der Waals surface area contributed by atoms with Crippen LogP contribution in [0.5, 0.6) is 0 Å². The summed E-state index contributed by atoms with van der Waals surface area (Å²) in [6.45, 7) is 3.72. The number of nitrogens with one attached hydrogen (secondary N) is 1. The van der Waals surface area contributed by atoms with Crippen LogP contribution in [0.3, 0.4) is 0 Å². The number of halogens is 1. The summed E-state index contributed by atoms with van der Waals surface area (Å²) in [5, 5.41) is 3.45. The van der Waals surface area contributed by atoms with Gasteiger partial charge >= 0.3 is 0 Å². The standard InChI is InChI=1S/C14H13ClN2O/c1-9-3-8-13(10(2)16-9)14(18)17-12-6-4-11(15)5-7-12/h3-8H,1-2H3,(H,17,18). The Bertz CT molecular complexity index is 579. The van der Waals surface area contributed by atoms with Crippen molar-refractivity contribution in [1.82, 2.24) is 4.98 Å². The number of hydrogen-bond acceptors (Lipinski definition) is 2. The number of hydrogen-bond donors (Lipinski definition) is 1. The molecule has 4 heteroatoms. The Morgan fingerprint density at radius 1 is 1.11 bits per heavy atom. The molecule has 0 saturated carbocycles. The Labute approximate surface area is 111 Å². The highest BCUT2D eigenvalue weighted by Gasteiger charge is 2.10. The number of rotatable bonds is 2. The number of anilines is 1. The molecule has 0 aliphatic heterocycles. The molecule has 0 unspecified atom stereocenters. The van der Waals surface area contributed by atoms with Crippen LogP contribution < -0.4 is 5.32 Å². The minimum Gasteiger partial charge on any atom is -0.322 e. The molecule has 1 aromatic carbocycles. The summed E-state index contributed by atoms with van der Waals surface area (Å²) in [5.74, 6) is -0.165. The normalized spacial score (nSPS) is 10.2. The van der Waals surface area contributed by atoms with Gasteiger partial charge in [0.1, 0.15) is 0 Å². The van der Waals surface area contributed by atoms with Crippen LogP contribution in [0.25, 0.3) is 0 Å². The average Bonchev–Trinajstić information content (AvgIpc) is 2.32. The summed E-state index contributed by atoms with van der Waals surface area (Å²) in [5.41, 5.74) is 2.91. The van der Waals surface area contributed by atoms with Crippen molar-refractivity contribution in [3.8, 4) is 0 Å². The van der Waals surface area contributed by atoms with Crippen LogP contribution in [-0.4, -0.2) is 10.9 Å². The van der Waals surface area contributed by atoms with Gasteiger partial charge in [-0.1, -0.05) is 11.6 Å². The van der Waals surface area contributed by atoms with Crippen molar-refractivity contribution in [2.24, 2.45) is 0 Å². The molecule has 0 bridgehead atoms. The van der Waals surface area contributed by atoms with Crippen LogP contribution in [-0.2, 0) is 0 Å². The van der Waals surface area contributed by atoms with Gasteiger partial charge in [-0.05, 0) is 50.2 Å². The molecular formula is C14H13ClN2O. The number of carbonyl (C=O) groups excluding carboxylic acids is 1. The third-order valence-corrected chi connectivity index (χ3v) is 2.82. The Morgan fingerprint density at radius 3 is 2.39 bits per heavy atom. The lowest BCUT2D eigenvalue weighted by atomic mass is 10.1. The zero-order valence-electron chi connectivity index (χ0n) is 10.2. The van der Waals surface area contributed by atoms with Gasteiger partial charge in [0.2, 0.25) is 0 Å². The SMILES string of the molecule is Cc1ccc(C(=O)Nc2ccc(Cl)cc2)c(C)n1. The van der Waals surface area contributed by atoms with E-state index in [-0.39, 0.29) is 5.91 Å².